The molecule has 0 saturated carbocycles. The van der Waals surface area contributed by atoms with E-state index in [1.165, 1.54) is 12.1 Å². The second kappa shape index (κ2) is 5.57. The summed E-state index contributed by atoms with van der Waals surface area (Å²) < 4.78 is 37.2. The van der Waals surface area contributed by atoms with Gasteiger partial charge in [-0.1, -0.05) is 23.2 Å². The summed E-state index contributed by atoms with van der Waals surface area (Å²) in [7, 11) is 0. The van der Waals surface area contributed by atoms with Gasteiger partial charge in [0.1, 0.15) is 17.1 Å². The molecule has 21 heavy (non-hydrogen) atoms. The first-order valence-corrected chi connectivity index (χ1v) is 6.26. The molecule has 0 amide bonds. The van der Waals surface area contributed by atoms with Crippen LogP contribution in [0.3, 0.4) is 0 Å². The maximum Gasteiger partial charge on any atom is 0.432 e. The van der Waals surface area contributed by atoms with Gasteiger partial charge in [0.05, 0.1) is 11.2 Å². The molecule has 4 nitrogen and oxygen atoms in total. The first-order chi connectivity index (χ1) is 9.68. The predicted molar refractivity (Wildman–Crippen MR) is 70.8 cm³/mol. The van der Waals surface area contributed by atoms with Crippen LogP contribution < -0.4 is 5.56 Å². The molecule has 0 atom stereocenters. The van der Waals surface area contributed by atoms with Crippen molar-refractivity contribution < 1.29 is 18.3 Å². The van der Waals surface area contributed by atoms with E-state index >= 15 is 0 Å². The van der Waals surface area contributed by atoms with Crippen LogP contribution in [0.4, 0.5) is 13.2 Å². The van der Waals surface area contributed by atoms with Gasteiger partial charge >= 0.3 is 6.18 Å². The molecule has 0 aliphatic rings. The fourth-order valence-electron chi connectivity index (χ4n) is 1.59. The van der Waals surface area contributed by atoms with Gasteiger partial charge in [-0.3, -0.25) is 9.78 Å². The van der Waals surface area contributed by atoms with Crippen LogP contribution >= 0.6 is 23.2 Å². The summed E-state index contributed by atoms with van der Waals surface area (Å²) in [4.78, 5) is 16.8. The number of aromatic nitrogens is 2. The van der Waals surface area contributed by atoms with E-state index in [2.05, 4.69) is 4.98 Å². The third-order valence-corrected chi connectivity index (χ3v) is 3.29. The summed E-state index contributed by atoms with van der Waals surface area (Å²) >= 11 is 11.5. The number of phenolic OH excluding ortho intramolecular Hbond substituents is 1. The standard InChI is InChI=1S/C12H7Cl2F3N2O2/c13-6-3-7(14)9(20)2-5(6)1-8-11(21)19-10(4-18-8)12(15,16)17/h2-4,20H,1H2,(H,19,21). The molecule has 2 aromatic rings. The number of nitrogens with one attached hydrogen (secondary N) is 1. The lowest BCUT2D eigenvalue weighted by atomic mass is 10.1. The lowest BCUT2D eigenvalue weighted by molar-refractivity contribution is -0.141. The highest BCUT2D eigenvalue weighted by Crippen LogP contribution is 2.31. The molecule has 0 fully saturated rings. The molecule has 2 rings (SSSR count). The normalized spacial score (nSPS) is 11.7. The molecule has 2 N–H and O–H groups in total. The van der Waals surface area contributed by atoms with Crippen LogP contribution in [-0.2, 0) is 12.6 Å². The topological polar surface area (TPSA) is 66.0 Å². The Morgan fingerprint density at radius 3 is 2.48 bits per heavy atom. The van der Waals surface area contributed by atoms with E-state index in [4.69, 9.17) is 23.2 Å². The van der Waals surface area contributed by atoms with E-state index in [0.29, 0.717) is 11.8 Å². The van der Waals surface area contributed by atoms with E-state index in [-0.39, 0.29) is 27.9 Å². The fraction of sp³-hybridized carbons (Fsp3) is 0.167. The molecule has 0 saturated heterocycles. The van der Waals surface area contributed by atoms with E-state index in [9.17, 15) is 23.1 Å². The number of alkyl halides is 3. The molecule has 0 spiro atoms. The molecule has 112 valence electrons. The zero-order chi connectivity index (χ0) is 15.8. The molecule has 0 aliphatic carbocycles. The summed E-state index contributed by atoms with van der Waals surface area (Å²) in [5.74, 6) is -0.251. The van der Waals surface area contributed by atoms with Gasteiger partial charge in [0.2, 0.25) is 0 Å². The number of aromatic amines is 1. The molecule has 1 aromatic heterocycles. The van der Waals surface area contributed by atoms with Gasteiger partial charge in [0, 0.05) is 11.4 Å². The minimum absolute atomic E-state index is 0.0260. The Bertz CT molecular complexity index is 744. The highest BCUT2D eigenvalue weighted by Gasteiger charge is 2.32. The second-order valence-corrected chi connectivity index (χ2v) is 4.96. The zero-order valence-corrected chi connectivity index (χ0v) is 11.6. The maximum absolute atomic E-state index is 12.4. The van der Waals surface area contributed by atoms with Gasteiger partial charge in [0.15, 0.2) is 0 Å². The fourth-order valence-corrected chi connectivity index (χ4v) is 2.04. The number of aromatic hydroxyl groups is 1. The number of H-pyrrole nitrogens is 1. The highest BCUT2D eigenvalue weighted by atomic mass is 35.5. The van der Waals surface area contributed by atoms with Crippen LogP contribution in [0.1, 0.15) is 17.0 Å². The number of hydrogen-bond donors (Lipinski definition) is 2. The van der Waals surface area contributed by atoms with Crippen molar-refractivity contribution in [2.75, 3.05) is 0 Å². The first kappa shape index (κ1) is 15.7. The quantitative estimate of drug-likeness (QED) is 0.881. The summed E-state index contributed by atoms with van der Waals surface area (Å²) in [6.45, 7) is 0. The smallest absolute Gasteiger partial charge is 0.432 e. The number of phenols is 1. The van der Waals surface area contributed by atoms with Crippen LogP contribution in [-0.4, -0.2) is 15.1 Å². The average molecular weight is 339 g/mol. The van der Waals surface area contributed by atoms with Gasteiger partial charge in [-0.2, -0.15) is 13.2 Å². The SMILES string of the molecule is O=c1[nH]c(C(F)(F)F)cnc1Cc1cc(O)c(Cl)cc1Cl. The lowest BCUT2D eigenvalue weighted by Crippen LogP contribution is -2.21. The Morgan fingerprint density at radius 1 is 1.24 bits per heavy atom. The molecule has 0 bridgehead atoms. The molecular weight excluding hydrogens is 332 g/mol. The van der Waals surface area contributed by atoms with Crippen molar-refractivity contribution in [1.82, 2.24) is 9.97 Å². The van der Waals surface area contributed by atoms with E-state index in [1.54, 1.807) is 4.98 Å². The first-order valence-electron chi connectivity index (χ1n) is 5.50. The Labute approximate surface area is 126 Å². The molecule has 0 aliphatic heterocycles. The number of nitrogens with zero attached hydrogens (tertiary/aromatic N) is 1. The van der Waals surface area contributed by atoms with Crippen LogP contribution in [0.15, 0.2) is 23.1 Å². The van der Waals surface area contributed by atoms with Crippen LogP contribution in [0, 0.1) is 0 Å². The average Bonchev–Trinajstić information content (AvgIpc) is 2.36. The van der Waals surface area contributed by atoms with E-state index in [1.807, 2.05) is 0 Å². The van der Waals surface area contributed by atoms with Crippen molar-refractivity contribution in [3.8, 4) is 5.75 Å². The van der Waals surface area contributed by atoms with Crippen molar-refractivity contribution in [1.29, 1.82) is 0 Å². The number of hydrogen-bond acceptors (Lipinski definition) is 3. The zero-order valence-electron chi connectivity index (χ0n) is 10.1. The van der Waals surface area contributed by atoms with Crippen molar-refractivity contribution in [3.63, 3.8) is 0 Å². The van der Waals surface area contributed by atoms with Gasteiger partial charge < -0.3 is 10.1 Å². The summed E-state index contributed by atoms with van der Waals surface area (Å²) in [5, 5.41) is 9.67. The second-order valence-electron chi connectivity index (χ2n) is 4.14. The van der Waals surface area contributed by atoms with Gasteiger partial charge in [-0.05, 0) is 17.7 Å². The Hall–Kier alpha value is -1.73. The van der Waals surface area contributed by atoms with Crippen LogP contribution in [0.25, 0.3) is 0 Å². The Balaban J connectivity index is 2.37. The Kier molecular flexibility index (Phi) is 4.15. The van der Waals surface area contributed by atoms with Crippen LogP contribution in [0.2, 0.25) is 10.0 Å². The van der Waals surface area contributed by atoms with Crippen molar-refractivity contribution in [3.05, 3.63) is 55.7 Å². The molecule has 0 radical (unpaired) electrons. The Morgan fingerprint density at radius 2 is 1.90 bits per heavy atom. The summed E-state index contributed by atoms with van der Waals surface area (Å²) in [6, 6.07) is 2.50. The predicted octanol–water partition coefficient (Wildman–Crippen LogP) is 3.39. The summed E-state index contributed by atoms with van der Waals surface area (Å²) in [6.07, 6.45) is -4.29. The molecule has 9 heteroatoms. The maximum atomic E-state index is 12.4. The van der Waals surface area contributed by atoms with E-state index in [0.717, 1.165) is 0 Å². The minimum Gasteiger partial charge on any atom is -0.506 e. The molecular formula is C12H7Cl2F3N2O2. The third kappa shape index (κ3) is 3.48. The lowest BCUT2D eigenvalue weighted by Gasteiger charge is -2.08. The number of rotatable bonds is 2. The van der Waals surface area contributed by atoms with Crippen molar-refractivity contribution >= 4 is 23.2 Å². The summed E-state index contributed by atoms with van der Waals surface area (Å²) in [5.41, 5.74) is -2.06. The van der Waals surface area contributed by atoms with Crippen molar-refractivity contribution in [2.24, 2.45) is 0 Å². The molecule has 1 aromatic carbocycles. The van der Waals surface area contributed by atoms with Crippen molar-refractivity contribution in [2.45, 2.75) is 12.6 Å². The molecule has 1 heterocycles. The number of benzene rings is 1. The van der Waals surface area contributed by atoms with Crippen LogP contribution in [0.5, 0.6) is 5.75 Å². The van der Waals surface area contributed by atoms with Gasteiger partial charge in [-0.25, -0.2) is 0 Å². The third-order valence-electron chi connectivity index (χ3n) is 2.64. The largest absolute Gasteiger partial charge is 0.506 e. The minimum atomic E-state index is -4.68. The monoisotopic (exact) mass is 338 g/mol. The van der Waals surface area contributed by atoms with Gasteiger partial charge in [0.25, 0.3) is 5.56 Å². The van der Waals surface area contributed by atoms with Gasteiger partial charge in [-0.15, -0.1) is 0 Å². The van der Waals surface area contributed by atoms with E-state index < -0.39 is 17.4 Å². The molecule has 0 unspecified atom stereocenters. The number of halogens is 5. The highest BCUT2D eigenvalue weighted by molar-refractivity contribution is 6.35.